The molecule has 0 aromatic heterocycles. The lowest BCUT2D eigenvalue weighted by Crippen LogP contribution is -2.36. The van der Waals surface area contributed by atoms with E-state index in [1.165, 1.54) is 12.2 Å². The summed E-state index contributed by atoms with van der Waals surface area (Å²) in [6.07, 6.45) is 8.80. The predicted molar refractivity (Wildman–Crippen MR) is 87.9 cm³/mol. The van der Waals surface area contributed by atoms with Crippen molar-refractivity contribution in [1.82, 2.24) is 0 Å². The van der Waals surface area contributed by atoms with E-state index < -0.39 is 0 Å². The highest BCUT2D eigenvalue weighted by Crippen LogP contribution is 2.39. The number of allylic oxidation sites excluding steroid dienone is 2. The van der Waals surface area contributed by atoms with Gasteiger partial charge in [-0.2, -0.15) is 0 Å². The number of hydrogen-bond acceptors (Lipinski definition) is 2. The first-order chi connectivity index (χ1) is 9.77. The van der Waals surface area contributed by atoms with E-state index >= 15 is 0 Å². The Balaban J connectivity index is 1.83. The molecule has 1 N–H and O–H groups in total. The zero-order chi connectivity index (χ0) is 15.6. The Morgan fingerprint density at radius 2 is 1.90 bits per heavy atom. The lowest BCUT2D eigenvalue weighted by molar-refractivity contribution is -0.0309. The van der Waals surface area contributed by atoms with Gasteiger partial charge >= 0.3 is 0 Å². The Hall–Kier alpha value is -0.500. The van der Waals surface area contributed by atoms with E-state index in [9.17, 15) is 5.11 Å². The first-order valence-electron chi connectivity index (χ1n) is 8.81. The predicted octanol–water partition coefficient (Wildman–Crippen LogP) is 4.92. The van der Waals surface area contributed by atoms with E-state index in [2.05, 4.69) is 40.7 Å². The smallest absolute Gasteiger partial charge is 0.101 e. The fraction of sp³-hybridized carbons (Fsp3) is 0.895. The van der Waals surface area contributed by atoms with Crippen molar-refractivity contribution in [3.05, 3.63) is 11.8 Å². The van der Waals surface area contributed by atoms with Crippen molar-refractivity contribution in [3.8, 4) is 0 Å². The summed E-state index contributed by atoms with van der Waals surface area (Å²) in [5, 5.41) is 10.3. The molecule has 2 aliphatic rings. The Bertz CT molecular complexity index is 364. The van der Waals surface area contributed by atoms with Gasteiger partial charge in [-0.15, -0.1) is 0 Å². The van der Waals surface area contributed by atoms with Crippen molar-refractivity contribution in [2.45, 2.75) is 85.4 Å². The van der Waals surface area contributed by atoms with E-state index in [4.69, 9.17) is 4.74 Å². The molecule has 2 aliphatic carbocycles. The summed E-state index contributed by atoms with van der Waals surface area (Å²) < 4.78 is 6.19. The summed E-state index contributed by atoms with van der Waals surface area (Å²) in [7, 11) is 0. The Morgan fingerprint density at radius 1 is 1.19 bits per heavy atom. The zero-order valence-corrected chi connectivity index (χ0v) is 14.6. The molecule has 0 radical (unpaired) electrons. The van der Waals surface area contributed by atoms with Crippen LogP contribution in [0.1, 0.15) is 73.1 Å². The fourth-order valence-corrected chi connectivity index (χ4v) is 3.94. The van der Waals surface area contributed by atoms with Gasteiger partial charge in [-0.05, 0) is 54.9 Å². The van der Waals surface area contributed by atoms with Crippen LogP contribution in [0.15, 0.2) is 11.8 Å². The summed E-state index contributed by atoms with van der Waals surface area (Å²) in [5.74, 6) is 2.97. The monoisotopic (exact) mass is 294 g/mol. The Morgan fingerprint density at radius 3 is 2.38 bits per heavy atom. The van der Waals surface area contributed by atoms with E-state index in [1.807, 2.05) is 0 Å². The lowest BCUT2D eigenvalue weighted by atomic mass is 9.74. The summed E-state index contributed by atoms with van der Waals surface area (Å²) in [6, 6.07) is 0. The minimum Gasteiger partial charge on any atom is -0.495 e. The van der Waals surface area contributed by atoms with Crippen LogP contribution in [0.4, 0.5) is 0 Å². The highest BCUT2D eigenvalue weighted by molar-refractivity contribution is 5.02. The summed E-state index contributed by atoms with van der Waals surface area (Å²) in [5.41, 5.74) is 0.396. The molecule has 1 saturated carbocycles. The molecule has 122 valence electrons. The van der Waals surface area contributed by atoms with Gasteiger partial charge in [0, 0.05) is 12.8 Å². The second-order valence-electron chi connectivity index (χ2n) is 8.54. The molecule has 0 aliphatic heterocycles. The number of aliphatic hydroxyl groups is 1. The van der Waals surface area contributed by atoms with Crippen LogP contribution < -0.4 is 0 Å². The molecule has 21 heavy (non-hydrogen) atoms. The number of aliphatic hydroxyl groups excluding tert-OH is 1. The van der Waals surface area contributed by atoms with Gasteiger partial charge in [0.1, 0.15) is 6.10 Å². The molecule has 4 atom stereocenters. The van der Waals surface area contributed by atoms with Gasteiger partial charge < -0.3 is 9.84 Å². The SMILES string of the molecule is CC(C)C1CCC(OC2=CCC(C(C)(C)C)CC2)CC1O. The minimum absolute atomic E-state index is 0.185. The topological polar surface area (TPSA) is 29.5 Å². The molecule has 0 spiro atoms. The van der Waals surface area contributed by atoms with Gasteiger partial charge in [0.25, 0.3) is 0 Å². The largest absolute Gasteiger partial charge is 0.495 e. The molecule has 0 saturated heterocycles. The highest BCUT2D eigenvalue weighted by atomic mass is 16.5. The van der Waals surface area contributed by atoms with Crippen molar-refractivity contribution >= 4 is 0 Å². The van der Waals surface area contributed by atoms with Gasteiger partial charge in [-0.3, -0.25) is 0 Å². The molecular weight excluding hydrogens is 260 g/mol. The first-order valence-corrected chi connectivity index (χ1v) is 8.81. The molecule has 0 bridgehead atoms. The Labute approximate surface area is 131 Å². The molecular formula is C19H34O2. The van der Waals surface area contributed by atoms with Crippen LogP contribution >= 0.6 is 0 Å². The molecule has 0 aromatic carbocycles. The van der Waals surface area contributed by atoms with E-state index in [-0.39, 0.29) is 12.2 Å². The summed E-state index contributed by atoms with van der Waals surface area (Å²) in [6.45, 7) is 11.4. The molecule has 0 aromatic rings. The van der Waals surface area contributed by atoms with Crippen molar-refractivity contribution in [1.29, 1.82) is 0 Å². The molecule has 0 heterocycles. The van der Waals surface area contributed by atoms with E-state index in [1.54, 1.807) is 0 Å². The second kappa shape index (κ2) is 6.73. The maximum atomic E-state index is 10.3. The van der Waals surface area contributed by atoms with Crippen LogP contribution in [-0.2, 0) is 4.74 Å². The van der Waals surface area contributed by atoms with Gasteiger partial charge in [0.2, 0.25) is 0 Å². The maximum Gasteiger partial charge on any atom is 0.101 e. The van der Waals surface area contributed by atoms with Crippen LogP contribution in [0.5, 0.6) is 0 Å². The van der Waals surface area contributed by atoms with Crippen LogP contribution in [0, 0.1) is 23.2 Å². The van der Waals surface area contributed by atoms with Crippen LogP contribution in [0.2, 0.25) is 0 Å². The third-order valence-electron chi connectivity index (χ3n) is 5.59. The highest BCUT2D eigenvalue weighted by Gasteiger charge is 2.33. The molecule has 2 rings (SSSR count). The molecule has 1 fully saturated rings. The maximum absolute atomic E-state index is 10.3. The zero-order valence-electron chi connectivity index (χ0n) is 14.6. The van der Waals surface area contributed by atoms with Crippen molar-refractivity contribution < 1.29 is 9.84 Å². The van der Waals surface area contributed by atoms with Crippen molar-refractivity contribution in [2.75, 3.05) is 0 Å². The minimum atomic E-state index is -0.185. The average molecular weight is 294 g/mol. The van der Waals surface area contributed by atoms with Crippen molar-refractivity contribution in [3.63, 3.8) is 0 Å². The van der Waals surface area contributed by atoms with E-state index in [0.717, 1.165) is 38.0 Å². The molecule has 2 heteroatoms. The molecule has 2 nitrogen and oxygen atoms in total. The normalized spacial score (nSPS) is 34.7. The number of hydrogen-bond donors (Lipinski definition) is 1. The number of ether oxygens (including phenoxy) is 1. The fourth-order valence-electron chi connectivity index (χ4n) is 3.94. The first kappa shape index (κ1) is 16.9. The third-order valence-corrected chi connectivity index (χ3v) is 5.59. The average Bonchev–Trinajstić information content (AvgIpc) is 2.38. The van der Waals surface area contributed by atoms with Gasteiger partial charge in [-0.1, -0.05) is 34.6 Å². The lowest BCUT2D eigenvalue weighted by Gasteiger charge is -2.37. The Kier molecular flexibility index (Phi) is 5.40. The molecule has 0 amide bonds. The van der Waals surface area contributed by atoms with Crippen LogP contribution in [-0.4, -0.2) is 17.3 Å². The third kappa shape index (κ3) is 4.48. The van der Waals surface area contributed by atoms with E-state index in [0.29, 0.717) is 17.3 Å². The van der Waals surface area contributed by atoms with Gasteiger partial charge in [0.05, 0.1) is 11.9 Å². The van der Waals surface area contributed by atoms with Gasteiger partial charge in [-0.25, -0.2) is 0 Å². The summed E-state index contributed by atoms with van der Waals surface area (Å²) in [4.78, 5) is 0. The summed E-state index contributed by atoms with van der Waals surface area (Å²) >= 11 is 0. The quantitative estimate of drug-likeness (QED) is 0.800. The standard InChI is InChI=1S/C19H34O2/c1-13(2)17-11-10-16(12-18(17)20)21-15-8-6-14(7-9-15)19(3,4)5/h8,13-14,16-18,20H,6-7,9-12H2,1-5H3. The van der Waals surface area contributed by atoms with Crippen LogP contribution in [0.25, 0.3) is 0 Å². The number of rotatable bonds is 3. The van der Waals surface area contributed by atoms with Crippen LogP contribution in [0.3, 0.4) is 0 Å². The molecule has 4 unspecified atom stereocenters. The van der Waals surface area contributed by atoms with Crippen molar-refractivity contribution in [2.24, 2.45) is 23.2 Å². The van der Waals surface area contributed by atoms with Gasteiger partial charge in [0.15, 0.2) is 0 Å². The second-order valence-corrected chi connectivity index (χ2v) is 8.54.